The maximum Gasteiger partial charge on any atom is 0.297 e. The molecule has 388 valence electrons. The van der Waals surface area contributed by atoms with Crippen LogP contribution in [0.3, 0.4) is 0 Å². The first-order valence-corrected chi connectivity index (χ1v) is 28.1. The van der Waals surface area contributed by atoms with Crippen molar-refractivity contribution in [3.05, 3.63) is 99.7 Å². The number of nitro benzene ring substituents is 1. The Balaban J connectivity index is 0.841. The van der Waals surface area contributed by atoms with Crippen LogP contribution in [0.15, 0.2) is 77.8 Å². The number of aromatic nitrogens is 2. The van der Waals surface area contributed by atoms with Crippen LogP contribution in [0.4, 0.5) is 17.1 Å². The van der Waals surface area contributed by atoms with Crippen LogP contribution in [0.25, 0.3) is 11.0 Å². The molecule has 0 radical (unpaired) electrons. The lowest BCUT2D eigenvalue weighted by molar-refractivity contribution is -0.384. The highest BCUT2D eigenvalue weighted by atomic mass is 32.2. The molecule has 5 fully saturated rings. The van der Waals surface area contributed by atoms with Gasteiger partial charge in [0.05, 0.1) is 21.4 Å². The molecule has 2 aromatic heterocycles. The Kier molecular flexibility index (Phi) is 13.3. The number of likely N-dealkylation sites (tertiary alicyclic amines) is 1. The quantitative estimate of drug-likeness (QED) is 0.0607. The SMILES string of the molecule is CC(C)c1ccccc1[C@@H]1CCCN1C1CC2(CCN(c3ccc(C(=O)NS(=O)(=O)c4cc5c(c([N+](=O)[O-])c4)N[C@@H](C4CCC(C)(C)CC4)CO5)c(Oc4cc5cc[nH]c5nc4OC[C@@H]4CCCN4)c3)CC2)C1. The lowest BCUT2D eigenvalue weighted by atomic mass is 9.59. The van der Waals surface area contributed by atoms with E-state index in [1.54, 1.807) is 24.4 Å². The Morgan fingerprint density at radius 3 is 2.51 bits per heavy atom. The fraction of sp³-hybridized carbons (Fsp3) is 0.536. The molecule has 6 aliphatic rings. The van der Waals surface area contributed by atoms with Crippen LogP contribution in [0.1, 0.15) is 138 Å². The first-order chi connectivity index (χ1) is 35.1. The molecular weight excluding hydrogens is 945 g/mol. The third-order valence-electron chi connectivity index (χ3n) is 17.2. The van der Waals surface area contributed by atoms with Crippen molar-refractivity contribution in [2.24, 2.45) is 16.7 Å². The Hall–Kier alpha value is -5.91. The zero-order valence-electron chi connectivity index (χ0n) is 42.6. The molecule has 1 amide bonds. The number of sulfonamides is 1. The number of hydrogen-bond donors (Lipinski definition) is 4. The van der Waals surface area contributed by atoms with Gasteiger partial charge in [0.15, 0.2) is 17.2 Å². The number of nitrogens with zero attached hydrogens (tertiary/aromatic N) is 4. The second-order valence-corrected chi connectivity index (χ2v) is 24.6. The number of piperidine rings is 1. The van der Waals surface area contributed by atoms with Crippen LogP contribution in [-0.2, 0) is 10.0 Å². The number of amides is 1. The normalized spacial score (nSPS) is 23.2. The number of H-pyrrole nitrogens is 1. The molecule has 0 unspecified atom stereocenters. The fourth-order valence-electron chi connectivity index (χ4n) is 12.9. The highest BCUT2D eigenvalue weighted by Gasteiger charge is 2.50. The number of hydrogen-bond acceptors (Lipinski definition) is 13. The third-order valence-corrected chi connectivity index (χ3v) is 18.5. The van der Waals surface area contributed by atoms with Crippen molar-refractivity contribution >= 4 is 44.0 Å². The van der Waals surface area contributed by atoms with Crippen LogP contribution in [0, 0.1) is 26.9 Å². The van der Waals surface area contributed by atoms with E-state index in [0.29, 0.717) is 30.3 Å². The number of nitrogens with one attached hydrogen (secondary N) is 4. The van der Waals surface area contributed by atoms with E-state index in [1.165, 1.54) is 42.9 Å². The molecule has 3 atom stereocenters. The predicted octanol–water partition coefficient (Wildman–Crippen LogP) is 10.6. The van der Waals surface area contributed by atoms with Gasteiger partial charge >= 0.3 is 0 Å². The van der Waals surface area contributed by atoms with Gasteiger partial charge in [-0.2, -0.15) is 4.98 Å². The zero-order valence-corrected chi connectivity index (χ0v) is 43.4. The van der Waals surface area contributed by atoms with Gasteiger partial charge in [0.2, 0.25) is 0 Å². The van der Waals surface area contributed by atoms with Crippen molar-refractivity contribution in [2.75, 3.05) is 49.6 Å². The molecule has 0 bridgehead atoms. The second-order valence-electron chi connectivity index (χ2n) is 22.9. The minimum Gasteiger partial charge on any atom is -0.489 e. The van der Waals surface area contributed by atoms with E-state index in [0.717, 1.165) is 94.7 Å². The van der Waals surface area contributed by atoms with E-state index >= 15 is 0 Å². The van der Waals surface area contributed by atoms with Crippen molar-refractivity contribution in [3.8, 4) is 23.1 Å². The summed E-state index contributed by atoms with van der Waals surface area (Å²) < 4.78 is 49.8. The van der Waals surface area contributed by atoms with Crippen LogP contribution < -0.4 is 34.5 Å². The maximum absolute atomic E-state index is 14.5. The number of fused-ring (bicyclic) bond motifs is 2. The molecule has 16 nitrogen and oxygen atoms in total. The lowest BCUT2D eigenvalue weighted by Crippen LogP contribution is -2.54. The molecule has 4 N–H and O–H groups in total. The Bertz CT molecular complexity index is 2980. The van der Waals surface area contributed by atoms with E-state index in [9.17, 15) is 23.3 Å². The first kappa shape index (κ1) is 49.3. The molecule has 2 saturated carbocycles. The fourth-order valence-corrected chi connectivity index (χ4v) is 13.9. The third kappa shape index (κ3) is 10.1. The van der Waals surface area contributed by atoms with Gasteiger partial charge in [-0.3, -0.25) is 19.8 Å². The largest absolute Gasteiger partial charge is 0.489 e. The number of aromatic amines is 1. The summed E-state index contributed by atoms with van der Waals surface area (Å²) in [6.07, 6.45) is 14.6. The number of pyridine rings is 1. The smallest absolute Gasteiger partial charge is 0.297 e. The summed E-state index contributed by atoms with van der Waals surface area (Å²) in [4.78, 5) is 39.0. The molecule has 3 saturated heterocycles. The van der Waals surface area contributed by atoms with Crippen molar-refractivity contribution in [3.63, 3.8) is 0 Å². The lowest BCUT2D eigenvalue weighted by Gasteiger charge is -2.56. The van der Waals surface area contributed by atoms with Crippen LogP contribution >= 0.6 is 0 Å². The summed E-state index contributed by atoms with van der Waals surface area (Å²) in [6.45, 7) is 13.4. The van der Waals surface area contributed by atoms with E-state index in [4.69, 9.17) is 19.2 Å². The molecule has 1 spiro atoms. The molecule has 17 heteroatoms. The number of carbonyl (C=O) groups excluding carboxylic acids is 1. The summed E-state index contributed by atoms with van der Waals surface area (Å²) >= 11 is 0. The van der Waals surface area contributed by atoms with Crippen LogP contribution in [0.5, 0.6) is 23.1 Å². The number of benzene rings is 3. The molecule has 3 aromatic carbocycles. The predicted molar refractivity (Wildman–Crippen MR) is 282 cm³/mol. The first-order valence-electron chi connectivity index (χ1n) is 26.7. The van der Waals surface area contributed by atoms with Gasteiger partial charge in [0.1, 0.15) is 24.6 Å². The molecule has 11 rings (SSSR count). The average Bonchev–Trinajstić information content (AvgIpc) is 4.18. The van der Waals surface area contributed by atoms with Crippen molar-refractivity contribution in [1.82, 2.24) is 24.9 Å². The molecule has 6 heterocycles. The number of ether oxygens (including phenoxy) is 3. The number of carbonyl (C=O) groups is 1. The van der Waals surface area contributed by atoms with Crippen molar-refractivity contribution in [1.29, 1.82) is 0 Å². The Labute approximate surface area is 428 Å². The summed E-state index contributed by atoms with van der Waals surface area (Å²) in [7, 11) is -4.69. The molecule has 73 heavy (non-hydrogen) atoms. The van der Waals surface area contributed by atoms with Crippen molar-refractivity contribution < 1.29 is 32.3 Å². The van der Waals surface area contributed by atoms with E-state index in [-0.39, 0.29) is 69.8 Å². The molecule has 2 aliphatic carbocycles. The highest BCUT2D eigenvalue weighted by Crippen LogP contribution is 2.55. The van der Waals surface area contributed by atoms with Gasteiger partial charge in [0, 0.05) is 66.7 Å². The zero-order chi connectivity index (χ0) is 50.6. The molecule has 4 aliphatic heterocycles. The van der Waals surface area contributed by atoms with Gasteiger partial charge in [-0.15, -0.1) is 0 Å². The Morgan fingerprint density at radius 2 is 1.75 bits per heavy atom. The van der Waals surface area contributed by atoms with Crippen LogP contribution in [0.2, 0.25) is 0 Å². The van der Waals surface area contributed by atoms with E-state index < -0.39 is 31.4 Å². The van der Waals surface area contributed by atoms with Gasteiger partial charge in [0.25, 0.3) is 27.5 Å². The highest BCUT2D eigenvalue weighted by molar-refractivity contribution is 7.90. The number of nitro groups is 1. The minimum atomic E-state index is -4.69. The molecule has 5 aromatic rings. The topological polar surface area (TPSA) is 193 Å². The number of rotatable bonds is 14. The maximum atomic E-state index is 14.5. The van der Waals surface area contributed by atoms with Crippen LogP contribution in [-0.4, -0.2) is 91.6 Å². The second kappa shape index (κ2) is 19.7. The summed E-state index contributed by atoms with van der Waals surface area (Å²) in [6, 6.07) is 21.1. The van der Waals surface area contributed by atoms with Crippen molar-refractivity contribution in [2.45, 2.75) is 140 Å². The van der Waals surface area contributed by atoms with Gasteiger partial charge < -0.3 is 34.7 Å². The van der Waals surface area contributed by atoms with Gasteiger partial charge in [-0.1, -0.05) is 52.0 Å². The summed E-state index contributed by atoms with van der Waals surface area (Å²) in [5.41, 5.74) is 4.56. The molecular formula is C56H70N8O8S. The monoisotopic (exact) mass is 1010 g/mol. The minimum absolute atomic E-state index is 0.0455. The number of anilines is 2. The Morgan fingerprint density at radius 1 is 0.959 bits per heavy atom. The average molecular weight is 1020 g/mol. The van der Waals surface area contributed by atoms with Gasteiger partial charge in [-0.25, -0.2) is 13.1 Å². The summed E-state index contributed by atoms with van der Waals surface area (Å²) in [5.74, 6) is 0.418. The van der Waals surface area contributed by atoms with E-state index in [2.05, 4.69) is 82.1 Å². The standard InChI is InChI=1S/C56H70N8O8S/c1-35(2)42-10-5-6-11-43(42)46-12-8-24-63(46)40-31-56(32-40)20-25-62(26-21-56)39-13-14-44(48(28-39)72-50-27-37-17-23-58-52(37)60-54(50)71-33-38-9-7-22-57-38)53(65)61-73(68,69)41-29-47(64(66)67)51-49(30-41)70-34-45(59-51)36-15-18-55(3,4)19-16-36/h5-6,10-11,13-14,17,23,27-30,35-36,38,40,45-46,57,59H,7-9,12,15-16,18-22,24-26,31-34H2,1-4H3,(H,58,60)(H,61,65)/t38-,45+,46-/m0/s1. The van der Waals surface area contributed by atoms with E-state index in [1.807, 2.05) is 12.1 Å². The van der Waals surface area contributed by atoms with Gasteiger partial charge in [-0.05, 0) is 148 Å². The summed E-state index contributed by atoms with van der Waals surface area (Å²) in [5, 5.41) is 20.1.